The molecular weight excluding hydrogens is 605 g/mol. The summed E-state index contributed by atoms with van der Waals surface area (Å²) in [6.07, 6.45) is -1.23. The summed E-state index contributed by atoms with van der Waals surface area (Å²) in [7, 11) is 0. The van der Waals surface area contributed by atoms with Gasteiger partial charge in [-0.2, -0.15) is 17.6 Å². The Bertz CT molecular complexity index is 1460. The van der Waals surface area contributed by atoms with Crippen LogP contribution in [-0.2, 0) is 22.3 Å². The van der Waals surface area contributed by atoms with Gasteiger partial charge in [0.15, 0.2) is 16.8 Å². The molecule has 0 radical (unpaired) electrons. The van der Waals surface area contributed by atoms with Gasteiger partial charge in [0.2, 0.25) is 5.82 Å². The lowest BCUT2D eigenvalue weighted by atomic mass is 10.1. The maximum Gasteiger partial charge on any atom is 0.416 e. The molecule has 2 aliphatic heterocycles. The number of rotatable bonds is 10. The summed E-state index contributed by atoms with van der Waals surface area (Å²) in [5.41, 5.74) is -0.911. The summed E-state index contributed by atoms with van der Waals surface area (Å²) in [5, 5.41) is 3.10. The first-order valence-corrected chi connectivity index (χ1v) is 15.4. The Morgan fingerprint density at radius 1 is 1.11 bits per heavy atom. The van der Waals surface area contributed by atoms with Crippen LogP contribution < -0.4 is 10.2 Å². The van der Waals surface area contributed by atoms with Gasteiger partial charge in [-0.15, -0.1) is 0 Å². The van der Waals surface area contributed by atoms with Gasteiger partial charge in [-0.1, -0.05) is 11.3 Å². The molecule has 0 saturated carbocycles. The Balaban J connectivity index is 1.36. The predicted octanol–water partition coefficient (Wildman–Crippen LogP) is 5.70. The lowest BCUT2D eigenvalue weighted by Crippen LogP contribution is -2.47. The van der Waals surface area contributed by atoms with Gasteiger partial charge >= 0.3 is 12.1 Å². The zero-order valence-corrected chi connectivity index (χ0v) is 25.3. The normalized spacial score (nSPS) is 18.2. The molecule has 4 heterocycles. The molecule has 9 nitrogen and oxygen atoms in total. The van der Waals surface area contributed by atoms with E-state index < -0.39 is 23.4 Å². The molecule has 2 aromatic heterocycles. The zero-order valence-electron chi connectivity index (χ0n) is 24.5. The van der Waals surface area contributed by atoms with Gasteiger partial charge in [0, 0.05) is 55.8 Å². The Labute approximate surface area is 256 Å². The highest BCUT2D eigenvalue weighted by Gasteiger charge is 2.32. The lowest BCUT2D eigenvalue weighted by Gasteiger charge is -2.35. The quantitative estimate of drug-likeness (QED) is 0.222. The number of aromatic nitrogens is 3. The molecule has 2 aliphatic rings. The molecule has 0 spiro atoms. The second-order valence-corrected chi connectivity index (χ2v) is 11.9. The lowest BCUT2D eigenvalue weighted by molar-refractivity contribution is -0.143. The van der Waals surface area contributed by atoms with Crippen LogP contribution >= 0.6 is 11.3 Å². The third kappa shape index (κ3) is 7.61. The van der Waals surface area contributed by atoms with Crippen molar-refractivity contribution in [1.29, 1.82) is 0 Å². The second kappa shape index (κ2) is 13.7. The van der Waals surface area contributed by atoms with Crippen molar-refractivity contribution < 1.29 is 31.5 Å². The number of carbonyl (C=O) groups excluding carboxylic acids is 1. The number of ether oxygens (including phenoxy) is 1. The van der Waals surface area contributed by atoms with Gasteiger partial charge < -0.3 is 15.0 Å². The molecular formula is C29H34F5N7O2S. The highest BCUT2D eigenvalue weighted by molar-refractivity contribution is 7.16. The standard InChI is InChI=1S/C29H34F5N7O2S/c1-3-43-23(42)6-8-39-9-11-40(12-10-39)27-24(31)26(35-17-36-27)38-28-37-25(22(44-28)16-41-7-4-5-18(41)2)19-13-20(29(32,33)34)15-21(30)14-19/h13-15,17-18H,3-12,16H2,1-2H3,(H,35,36,37,38)/t18-/m1/s1. The summed E-state index contributed by atoms with van der Waals surface area (Å²) >= 11 is 1.17. The highest BCUT2D eigenvalue weighted by atomic mass is 32.1. The number of hydrogen-bond acceptors (Lipinski definition) is 10. The van der Waals surface area contributed by atoms with Crippen LogP contribution in [0.3, 0.4) is 0 Å². The Hall–Kier alpha value is -3.43. The van der Waals surface area contributed by atoms with Crippen LogP contribution in [0.2, 0.25) is 0 Å². The van der Waals surface area contributed by atoms with E-state index >= 15 is 4.39 Å². The minimum Gasteiger partial charge on any atom is -0.466 e. The third-order valence-electron chi connectivity index (χ3n) is 7.84. The highest BCUT2D eigenvalue weighted by Crippen LogP contribution is 2.38. The van der Waals surface area contributed by atoms with Crippen LogP contribution in [-0.4, -0.2) is 82.6 Å². The summed E-state index contributed by atoms with van der Waals surface area (Å²) in [5.74, 6) is -1.99. The second-order valence-electron chi connectivity index (χ2n) is 10.8. The van der Waals surface area contributed by atoms with Gasteiger partial charge in [-0.05, 0) is 51.4 Å². The number of carbonyl (C=O) groups is 1. The first kappa shape index (κ1) is 32.0. The van der Waals surface area contributed by atoms with E-state index in [0.717, 1.165) is 31.5 Å². The topological polar surface area (TPSA) is 86.7 Å². The van der Waals surface area contributed by atoms with Crippen molar-refractivity contribution in [3.8, 4) is 11.3 Å². The maximum absolute atomic E-state index is 15.7. The number of halogens is 5. The molecule has 44 heavy (non-hydrogen) atoms. The largest absolute Gasteiger partial charge is 0.466 e. The van der Waals surface area contributed by atoms with Crippen LogP contribution in [0.5, 0.6) is 0 Å². The minimum absolute atomic E-state index is 0.00634. The van der Waals surface area contributed by atoms with Crippen molar-refractivity contribution in [2.24, 2.45) is 0 Å². The first-order valence-electron chi connectivity index (χ1n) is 14.5. The molecule has 238 valence electrons. The molecule has 1 atom stereocenters. The fraction of sp³-hybridized carbons (Fsp3) is 0.517. The zero-order chi connectivity index (χ0) is 31.4. The number of alkyl halides is 3. The molecule has 15 heteroatoms. The molecule has 3 aromatic rings. The summed E-state index contributed by atoms with van der Waals surface area (Å²) in [6, 6.07) is 2.64. The average Bonchev–Trinajstić information content (AvgIpc) is 3.58. The van der Waals surface area contributed by atoms with E-state index in [9.17, 15) is 22.4 Å². The monoisotopic (exact) mass is 639 g/mol. The molecule has 0 aliphatic carbocycles. The number of esters is 1. The number of nitrogens with zero attached hydrogens (tertiary/aromatic N) is 6. The van der Waals surface area contributed by atoms with Gasteiger partial charge in [-0.25, -0.2) is 19.3 Å². The van der Waals surface area contributed by atoms with E-state index in [2.05, 4.69) is 37.0 Å². The first-order chi connectivity index (χ1) is 21.0. The maximum atomic E-state index is 15.7. The number of likely N-dealkylation sites (tertiary alicyclic amines) is 1. The van der Waals surface area contributed by atoms with E-state index in [4.69, 9.17) is 4.74 Å². The number of anilines is 3. The number of hydrogen-bond donors (Lipinski definition) is 1. The van der Waals surface area contributed by atoms with Crippen molar-refractivity contribution in [2.45, 2.75) is 51.9 Å². The number of thiazole rings is 1. The van der Waals surface area contributed by atoms with Crippen LogP contribution in [0, 0.1) is 11.6 Å². The molecule has 1 N–H and O–H groups in total. The molecule has 1 aromatic carbocycles. The molecule has 2 saturated heterocycles. The van der Waals surface area contributed by atoms with Crippen molar-refractivity contribution in [1.82, 2.24) is 24.8 Å². The van der Waals surface area contributed by atoms with Crippen molar-refractivity contribution in [2.75, 3.05) is 56.1 Å². The summed E-state index contributed by atoms with van der Waals surface area (Å²) in [4.78, 5) is 31.1. The van der Waals surface area contributed by atoms with Crippen molar-refractivity contribution >= 4 is 34.1 Å². The van der Waals surface area contributed by atoms with Crippen molar-refractivity contribution in [3.05, 3.63) is 46.6 Å². The van der Waals surface area contributed by atoms with E-state index in [1.807, 2.05) is 0 Å². The number of benzene rings is 1. The van der Waals surface area contributed by atoms with Crippen LogP contribution in [0.25, 0.3) is 11.3 Å². The average molecular weight is 640 g/mol. The van der Waals surface area contributed by atoms with E-state index in [-0.39, 0.29) is 46.5 Å². The Morgan fingerprint density at radius 2 is 1.89 bits per heavy atom. The van der Waals surface area contributed by atoms with E-state index in [0.29, 0.717) is 56.8 Å². The van der Waals surface area contributed by atoms with Gasteiger partial charge in [0.05, 0.1) is 24.3 Å². The van der Waals surface area contributed by atoms with Crippen molar-refractivity contribution in [3.63, 3.8) is 0 Å². The van der Waals surface area contributed by atoms with Gasteiger partial charge in [0.25, 0.3) is 0 Å². The fourth-order valence-electron chi connectivity index (χ4n) is 5.48. The van der Waals surface area contributed by atoms with Crippen LogP contribution in [0.1, 0.15) is 43.6 Å². The van der Waals surface area contributed by atoms with Crippen LogP contribution in [0.15, 0.2) is 24.5 Å². The summed E-state index contributed by atoms with van der Waals surface area (Å²) in [6.45, 7) is 8.12. The van der Waals surface area contributed by atoms with Gasteiger partial charge in [-0.3, -0.25) is 14.6 Å². The molecule has 0 bridgehead atoms. The molecule has 2 fully saturated rings. The number of nitrogens with one attached hydrogen (secondary N) is 1. The Morgan fingerprint density at radius 3 is 2.57 bits per heavy atom. The SMILES string of the molecule is CCOC(=O)CCN1CCN(c2ncnc(Nc3nc(-c4cc(F)cc(C(F)(F)F)c4)c(CN4CCC[C@H]4C)s3)c2F)CC1. The van der Waals surface area contributed by atoms with Gasteiger partial charge in [0.1, 0.15) is 12.1 Å². The molecule has 0 amide bonds. The summed E-state index contributed by atoms with van der Waals surface area (Å²) < 4.78 is 75.6. The Kier molecular flexibility index (Phi) is 9.95. The molecule has 0 unspecified atom stereocenters. The molecule has 5 rings (SSSR count). The van der Waals surface area contributed by atoms with Crippen LogP contribution in [0.4, 0.5) is 38.7 Å². The fourth-order valence-corrected chi connectivity index (χ4v) is 6.48. The predicted molar refractivity (Wildman–Crippen MR) is 157 cm³/mol. The third-order valence-corrected chi connectivity index (χ3v) is 8.79. The number of piperazine rings is 1. The van der Waals surface area contributed by atoms with E-state index in [1.165, 1.54) is 17.7 Å². The smallest absolute Gasteiger partial charge is 0.416 e. The minimum atomic E-state index is -4.73. The van der Waals surface area contributed by atoms with E-state index in [1.54, 1.807) is 11.8 Å².